The molecule has 0 aliphatic carbocycles. The van der Waals surface area contributed by atoms with Crippen molar-refractivity contribution >= 4 is 17.8 Å². The molecular formula is C35H48N2O5. The molecule has 3 N–H and O–H groups in total. The standard InChI is InChI=1S/C35H48N2O5/c1-3-4-5-6-7-8-9-10-11-12-13-14-15-16-17-18-19-20-21-28-33(38)36-29-24-26-31(35(40)41)37-34(39)30-25-22-23-27-32(30)42-2/h4-5,7-8,10-11,13-14,16-17,19-20,22-23,25,27,31H,3,6,9,12,15,18,21,24,26,28-29H2,1-2H3,(H,36,38)(H,37,39)(H,40,41)/b5-4-,8-7-,11-10-,14-13-,17-16-,20-19-. The largest absolute Gasteiger partial charge is 0.496 e. The highest BCUT2D eigenvalue weighted by Crippen LogP contribution is 2.17. The summed E-state index contributed by atoms with van der Waals surface area (Å²) in [6, 6.07) is 5.57. The van der Waals surface area contributed by atoms with E-state index < -0.39 is 17.9 Å². The van der Waals surface area contributed by atoms with Gasteiger partial charge in [0.15, 0.2) is 0 Å². The number of carbonyl (C=O) groups excluding carboxylic acids is 2. The Morgan fingerprint density at radius 2 is 1.33 bits per heavy atom. The SMILES string of the molecule is CC/C=C\C/C=C\C/C=C\C/C=C\C/C=C\C/C=C\CCC(=O)NCCCC(NC(=O)c1ccccc1OC)C(=O)O. The van der Waals surface area contributed by atoms with Gasteiger partial charge in [-0.2, -0.15) is 0 Å². The fourth-order valence-electron chi connectivity index (χ4n) is 3.80. The maximum atomic E-state index is 12.5. The zero-order valence-electron chi connectivity index (χ0n) is 25.2. The number of methoxy groups -OCH3 is 1. The summed E-state index contributed by atoms with van der Waals surface area (Å²) >= 11 is 0. The Hall–Kier alpha value is -4.13. The lowest BCUT2D eigenvalue weighted by atomic mass is 10.1. The first kappa shape index (κ1) is 35.9. The monoisotopic (exact) mass is 576 g/mol. The summed E-state index contributed by atoms with van der Waals surface area (Å²) in [7, 11) is 1.45. The number of benzene rings is 1. The summed E-state index contributed by atoms with van der Waals surface area (Å²) in [5.41, 5.74) is 0.272. The van der Waals surface area contributed by atoms with Crippen molar-refractivity contribution in [3.63, 3.8) is 0 Å². The number of nitrogens with one attached hydrogen (secondary N) is 2. The van der Waals surface area contributed by atoms with Crippen LogP contribution in [-0.2, 0) is 9.59 Å². The Kier molecular flexibility index (Phi) is 21.1. The summed E-state index contributed by atoms with van der Waals surface area (Å²) in [6.45, 7) is 2.48. The third-order valence-corrected chi connectivity index (χ3v) is 6.08. The molecule has 0 fully saturated rings. The molecule has 0 aliphatic heterocycles. The Morgan fingerprint density at radius 3 is 1.86 bits per heavy atom. The predicted octanol–water partition coefficient (Wildman–Crippen LogP) is 7.25. The number of ether oxygens (including phenoxy) is 1. The van der Waals surface area contributed by atoms with E-state index in [4.69, 9.17) is 4.74 Å². The van der Waals surface area contributed by atoms with Crippen LogP contribution in [0.4, 0.5) is 0 Å². The van der Waals surface area contributed by atoms with Gasteiger partial charge in [-0.3, -0.25) is 9.59 Å². The zero-order valence-corrected chi connectivity index (χ0v) is 25.2. The van der Waals surface area contributed by atoms with Gasteiger partial charge in [-0.05, 0) is 69.9 Å². The first-order valence-electron chi connectivity index (χ1n) is 14.8. The van der Waals surface area contributed by atoms with Gasteiger partial charge in [0.1, 0.15) is 11.8 Å². The fraction of sp³-hybridized carbons (Fsp3) is 0.400. The Labute approximate surface area is 251 Å². The van der Waals surface area contributed by atoms with Crippen molar-refractivity contribution in [1.29, 1.82) is 0 Å². The minimum Gasteiger partial charge on any atom is -0.496 e. The second kappa shape index (κ2) is 24.6. The van der Waals surface area contributed by atoms with Crippen LogP contribution in [0.25, 0.3) is 0 Å². The molecule has 1 aromatic rings. The minimum absolute atomic E-state index is 0.0838. The molecule has 0 heterocycles. The van der Waals surface area contributed by atoms with Gasteiger partial charge in [-0.1, -0.05) is 92.0 Å². The van der Waals surface area contributed by atoms with Crippen LogP contribution in [0.3, 0.4) is 0 Å². The quantitative estimate of drug-likeness (QED) is 0.0996. The molecule has 0 saturated carbocycles. The van der Waals surface area contributed by atoms with E-state index in [1.54, 1.807) is 24.3 Å². The number of hydrogen-bond acceptors (Lipinski definition) is 4. The second-order valence-corrected chi connectivity index (χ2v) is 9.51. The van der Waals surface area contributed by atoms with Crippen LogP contribution in [0.15, 0.2) is 97.2 Å². The number of rotatable bonds is 22. The molecule has 7 nitrogen and oxygen atoms in total. The summed E-state index contributed by atoms with van der Waals surface area (Å²) in [6.07, 6.45) is 33.1. The number of aliphatic carboxylic acids is 1. The molecule has 1 unspecified atom stereocenters. The van der Waals surface area contributed by atoms with Gasteiger partial charge in [-0.25, -0.2) is 4.79 Å². The molecule has 1 rings (SSSR count). The lowest BCUT2D eigenvalue weighted by molar-refractivity contribution is -0.139. The number of carboxylic acid groups (broad SMARTS) is 1. The van der Waals surface area contributed by atoms with E-state index in [0.717, 1.165) is 38.5 Å². The molecule has 1 aromatic carbocycles. The summed E-state index contributed by atoms with van der Waals surface area (Å²) in [5.74, 6) is -1.35. The van der Waals surface area contributed by atoms with Gasteiger partial charge >= 0.3 is 5.97 Å². The van der Waals surface area contributed by atoms with Gasteiger partial charge in [-0.15, -0.1) is 0 Å². The van der Waals surface area contributed by atoms with Crippen molar-refractivity contribution in [1.82, 2.24) is 10.6 Å². The molecule has 7 heteroatoms. The smallest absolute Gasteiger partial charge is 0.326 e. The van der Waals surface area contributed by atoms with Gasteiger partial charge in [0.2, 0.25) is 5.91 Å². The number of para-hydroxylation sites is 1. The lowest BCUT2D eigenvalue weighted by Gasteiger charge is -2.16. The van der Waals surface area contributed by atoms with Gasteiger partial charge < -0.3 is 20.5 Å². The number of carbonyl (C=O) groups is 3. The third-order valence-electron chi connectivity index (χ3n) is 6.08. The van der Waals surface area contributed by atoms with E-state index in [0.29, 0.717) is 31.6 Å². The average molecular weight is 577 g/mol. The Morgan fingerprint density at radius 1 is 0.810 bits per heavy atom. The normalized spacial score (nSPS) is 12.8. The summed E-state index contributed by atoms with van der Waals surface area (Å²) in [5, 5.41) is 14.8. The number of hydrogen-bond donors (Lipinski definition) is 3. The molecule has 0 saturated heterocycles. The van der Waals surface area contributed by atoms with Crippen molar-refractivity contribution < 1.29 is 24.2 Å². The van der Waals surface area contributed by atoms with Crippen LogP contribution < -0.4 is 15.4 Å². The van der Waals surface area contributed by atoms with Crippen molar-refractivity contribution in [2.45, 2.75) is 77.2 Å². The van der Waals surface area contributed by atoms with Crippen LogP contribution in [-0.4, -0.2) is 42.6 Å². The van der Waals surface area contributed by atoms with Gasteiger partial charge in [0.05, 0.1) is 12.7 Å². The van der Waals surface area contributed by atoms with Crippen molar-refractivity contribution in [2.75, 3.05) is 13.7 Å². The summed E-state index contributed by atoms with van der Waals surface area (Å²) < 4.78 is 5.16. The lowest BCUT2D eigenvalue weighted by Crippen LogP contribution is -2.41. The first-order valence-corrected chi connectivity index (χ1v) is 14.8. The molecule has 2 amide bonds. The van der Waals surface area contributed by atoms with Gasteiger partial charge in [0, 0.05) is 13.0 Å². The maximum absolute atomic E-state index is 12.5. The number of allylic oxidation sites excluding steroid dienone is 12. The highest BCUT2D eigenvalue weighted by Gasteiger charge is 2.22. The second-order valence-electron chi connectivity index (χ2n) is 9.51. The first-order chi connectivity index (χ1) is 20.5. The Balaban J connectivity index is 2.13. The Bertz CT molecular complexity index is 1100. The minimum atomic E-state index is -1.12. The van der Waals surface area contributed by atoms with Crippen LogP contribution >= 0.6 is 0 Å². The van der Waals surface area contributed by atoms with Crippen LogP contribution in [0.5, 0.6) is 5.75 Å². The molecule has 1 atom stereocenters. The average Bonchev–Trinajstić information content (AvgIpc) is 2.99. The molecular weight excluding hydrogens is 528 g/mol. The van der Waals surface area contributed by atoms with E-state index in [1.807, 2.05) is 12.2 Å². The van der Waals surface area contributed by atoms with Gasteiger partial charge in [0.25, 0.3) is 5.91 Å². The molecule has 42 heavy (non-hydrogen) atoms. The molecule has 0 spiro atoms. The fourth-order valence-corrected chi connectivity index (χ4v) is 3.80. The molecule has 228 valence electrons. The zero-order chi connectivity index (χ0) is 30.7. The molecule has 0 aliphatic rings. The third kappa shape index (κ3) is 18.3. The highest BCUT2D eigenvalue weighted by atomic mass is 16.5. The molecule has 0 bridgehead atoms. The van der Waals surface area contributed by atoms with E-state index in [-0.39, 0.29) is 17.9 Å². The molecule has 0 radical (unpaired) electrons. The van der Waals surface area contributed by atoms with E-state index in [1.165, 1.54) is 7.11 Å². The predicted molar refractivity (Wildman–Crippen MR) is 172 cm³/mol. The highest BCUT2D eigenvalue weighted by molar-refractivity contribution is 5.98. The summed E-state index contributed by atoms with van der Waals surface area (Å²) in [4.78, 5) is 36.1. The molecule has 0 aromatic heterocycles. The van der Waals surface area contributed by atoms with E-state index in [9.17, 15) is 19.5 Å². The van der Waals surface area contributed by atoms with Crippen LogP contribution in [0, 0.1) is 0 Å². The van der Waals surface area contributed by atoms with Crippen molar-refractivity contribution in [3.05, 3.63) is 103 Å². The number of carboxylic acids is 1. The van der Waals surface area contributed by atoms with Crippen molar-refractivity contribution in [3.8, 4) is 5.75 Å². The van der Waals surface area contributed by atoms with Crippen LogP contribution in [0.1, 0.15) is 81.5 Å². The van der Waals surface area contributed by atoms with E-state index in [2.05, 4.69) is 78.3 Å². The van der Waals surface area contributed by atoms with E-state index >= 15 is 0 Å². The maximum Gasteiger partial charge on any atom is 0.326 e. The topological polar surface area (TPSA) is 105 Å². The van der Waals surface area contributed by atoms with Crippen LogP contribution in [0.2, 0.25) is 0 Å². The van der Waals surface area contributed by atoms with Crippen molar-refractivity contribution in [2.24, 2.45) is 0 Å². The number of amides is 2.